The first kappa shape index (κ1) is 30.5. The Kier molecular flexibility index (Phi) is 12.5. The maximum absolute atomic E-state index is 12.9. The molecular formula is C19H32BrNO7P2S. The van der Waals surface area contributed by atoms with Crippen molar-refractivity contribution in [3.05, 3.63) is 28.6 Å². The van der Waals surface area contributed by atoms with Gasteiger partial charge in [0.05, 0.1) is 6.42 Å². The van der Waals surface area contributed by atoms with E-state index in [0.717, 1.165) is 23.2 Å². The van der Waals surface area contributed by atoms with Crippen molar-refractivity contribution in [3.8, 4) is 0 Å². The van der Waals surface area contributed by atoms with Crippen molar-refractivity contribution in [3.63, 3.8) is 0 Å². The number of carbonyl (C=O) groups excluding carboxylic acids is 1. The zero-order chi connectivity index (χ0) is 23.3. The molecule has 1 heterocycles. The quantitative estimate of drug-likeness (QED) is 0.200. The Balaban J connectivity index is 0.00000900. The van der Waals surface area contributed by atoms with Crippen molar-refractivity contribution in [1.29, 1.82) is 0 Å². The van der Waals surface area contributed by atoms with Crippen molar-refractivity contribution < 1.29 is 54.7 Å². The molecule has 178 valence electrons. The SMILES string of the molecule is CCc1c[n+](CC)c(CC)c(CC(P(=O)(O)O)P(=O)(O)OC(=S)CC(C)=O)c1CC.[Br-]. The van der Waals surface area contributed by atoms with Gasteiger partial charge in [-0.3, -0.25) is 9.36 Å². The highest BCUT2D eigenvalue weighted by Crippen LogP contribution is 2.64. The van der Waals surface area contributed by atoms with Gasteiger partial charge in [-0.15, -0.1) is 0 Å². The Morgan fingerprint density at radius 2 is 1.68 bits per heavy atom. The van der Waals surface area contributed by atoms with Crippen LogP contribution in [0.15, 0.2) is 6.20 Å². The minimum absolute atomic E-state index is 0. The summed E-state index contributed by atoms with van der Waals surface area (Å²) in [5.41, 5.74) is 3.46. The third-order valence-corrected chi connectivity index (χ3v) is 9.45. The number of halogens is 1. The molecule has 2 atom stereocenters. The first-order chi connectivity index (χ1) is 13.8. The molecule has 12 heteroatoms. The molecule has 0 radical (unpaired) electrons. The van der Waals surface area contributed by atoms with Crippen molar-refractivity contribution in [1.82, 2.24) is 0 Å². The van der Waals surface area contributed by atoms with E-state index < -0.39 is 25.6 Å². The van der Waals surface area contributed by atoms with Crippen LogP contribution in [0.1, 0.15) is 63.4 Å². The van der Waals surface area contributed by atoms with Crippen LogP contribution in [-0.2, 0) is 50.7 Å². The van der Waals surface area contributed by atoms with Gasteiger partial charge in [-0.05, 0) is 44.5 Å². The Bertz CT molecular complexity index is 873. The van der Waals surface area contributed by atoms with E-state index in [1.807, 2.05) is 38.5 Å². The molecule has 0 saturated heterocycles. The fourth-order valence-corrected chi connectivity index (χ4v) is 7.12. The molecule has 1 aromatic heterocycles. The Morgan fingerprint density at radius 3 is 2.06 bits per heavy atom. The molecule has 0 saturated carbocycles. The number of ketones is 1. The molecule has 0 aromatic carbocycles. The fraction of sp³-hybridized carbons (Fsp3) is 0.632. The lowest BCUT2D eigenvalue weighted by Gasteiger charge is -2.25. The van der Waals surface area contributed by atoms with Crippen LogP contribution in [0.3, 0.4) is 0 Å². The molecule has 31 heavy (non-hydrogen) atoms. The zero-order valence-electron chi connectivity index (χ0n) is 18.5. The van der Waals surface area contributed by atoms with E-state index in [4.69, 9.17) is 16.7 Å². The molecular weight excluding hydrogens is 528 g/mol. The lowest BCUT2D eigenvalue weighted by Crippen LogP contribution is -3.00. The summed E-state index contributed by atoms with van der Waals surface area (Å²) < 4.78 is 32.1. The van der Waals surface area contributed by atoms with E-state index >= 15 is 0 Å². The molecule has 1 aromatic rings. The second kappa shape index (κ2) is 12.7. The standard InChI is InChI=1S/C19H31NO7P2S.BrH/c1-6-14-12-20(9-4)17(8-3)16(15(14)7-2)11-19(28(22,23)24)29(25,26)27-18(30)10-13(5)21;/h12,19H,6-11H2,1-5H3,(H2-,22,23,24,25,26);1H. The van der Waals surface area contributed by atoms with Crippen LogP contribution < -0.4 is 21.5 Å². The van der Waals surface area contributed by atoms with Gasteiger partial charge in [0.15, 0.2) is 22.3 Å². The van der Waals surface area contributed by atoms with Crippen molar-refractivity contribution in [2.75, 3.05) is 0 Å². The fourth-order valence-electron chi connectivity index (χ4n) is 3.62. The third-order valence-electron chi connectivity index (χ3n) is 4.95. The second-order valence-corrected chi connectivity index (χ2v) is 11.7. The minimum Gasteiger partial charge on any atom is -1.00 e. The highest BCUT2D eigenvalue weighted by molar-refractivity contribution is 7.81. The largest absolute Gasteiger partial charge is 1.00 e. The maximum atomic E-state index is 12.9. The van der Waals surface area contributed by atoms with Crippen LogP contribution in [0.4, 0.5) is 0 Å². The Labute approximate surface area is 199 Å². The second-order valence-electron chi connectivity index (χ2n) is 7.08. The van der Waals surface area contributed by atoms with Crippen LogP contribution in [-0.4, -0.2) is 30.9 Å². The average molecular weight is 560 g/mol. The summed E-state index contributed by atoms with van der Waals surface area (Å²) >= 11 is 4.83. The van der Waals surface area contributed by atoms with Gasteiger partial charge in [0.25, 0.3) is 0 Å². The monoisotopic (exact) mass is 559 g/mol. The van der Waals surface area contributed by atoms with Gasteiger partial charge in [0, 0.05) is 24.0 Å². The highest BCUT2D eigenvalue weighted by Gasteiger charge is 2.48. The average Bonchev–Trinajstić information content (AvgIpc) is 2.61. The summed E-state index contributed by atoms with van der Waals surface area (Å²) in [6, 6.07) is 0. The normalized spacial score (nSPS) is 14.3. The molecule has 0 aliphatic rings. The van der Waals surface area contributed by atoms with Gasteiger partial charge in [-0.25, -0.2) is 9.13 Å². The molecule has 1 rings (SSSR count). The first-order valence-corrected chi connectivity index (χ1v) is 13.7. The number of aromatic nitrogens is 1. The predicted octanol–water partition coefficient (Wildman–Crippen LogP) is 0.240. The summed E-state index contributed by atoms with van der Waals surface area (Å²) in [5, 5.41) is -2.44. The number of nitrogens with zero attached hydrogens (tertiary/aromatic N) is 1. The third kappa shape index (κ3) is 8.11. The van der Waals surface area contributed by atoms with E-state index in [-0.39, 0.29) is 35.6 Å². The van der Waals surface area contributed by atoms with Crippen molar-refractivity contribution in [2.24, 2.45) is 0 Å². The van der Waals surface area contributed by atoms with Crippen LogP contribution in [0.25, 0.3) is 0 Å². The topological polar surface area (TPSA) is 125 Å². The smallest absolute Gasteiger partial charge is 0.392 e. The Morgan fingerprint density at radius 1 is 1.10 bits per heavy atom. The molecule has 0 spiro atoms. The number of rotatable bonds is 11. The molecule has 0 aliphatic heterocycles. The van der Waals surface area contributed by atoms with Gasteiger partial charge in [-0.1, -0.05) is 20.8 Å². The molecule has 0 aliphatic carbocycles. The number of carbonyl (C=O) groups is 1. The minimum atomic E-state index is -5.05. The summed E-state index contributed by atoms with van der Waals surface area (Å²) in [7, 11) is -9.93. The molecule has 0 bridgehead atoms. The molecule has 2 unspecified atom stereocenters. The predicted molar refractivity (Wildman–Crippen MR) is 119 cm³/mol. The summed E-state index contributed by atoms with van der Waals surface area (Å²) in [5.74, 6) is -0.381. The van der Waals surface area contributed by atoms with Gasteiger partial charge in [-0.2, -0.15) is 0 Å². The van der Waals surface area contributed by atoms with E-state index in [2.05, 4.69) is 0 Å². The zero-order valence-corrected chi connectivity index (χ0v) is 22.7. The highest BCUT2D eigenvalue weighted by atomic mass is 79.9. The molecule has 8 nitrogen and oxygen atoms in total. The maximum Gasteiger partial charge on any atom is 0.392 e. The van der Waals surface area contributed by atoms with Gasteiger partial charge in [0.2, 0.25) is 0 Å². The number of Topliss-reactive ketones (excluding diaryl/α,β-unsaturated/α-hetero) is 1. The van der Waals surface area contributed by atoms with Crippen molar-refractivity contribution in [2.45, 2.75) is 78.7 Å². The Hall–Kier alpha value is -0.470. The van der Waals surface area contributed by atoms with Crippen molar-refractivity contribution >= 4 is 38.2 Å². The summed E-state index contributed by atoms with van der Waals surface area (Å²) in [6.07, 6.45) is 3.24. The summed E-state index contributed by atoms with van der Waals surface area (Å²) in [6.45, 7) is 9.72. The number of aryl methyl sites for hydroxylation is 2. The lowest BCUT2D eigenvalue weighted by atomic mass is 9.94. The number of pyridine rings is 1. The van der Waals surface area contributed by atoms with Gasteiger partial charge < -0.3 is 36.2 Å². The molecule has 0 fully saturated rings. The van der Waals surface area contributed by atoms with Crippen LogP contribution in [0.5, 0.6) is 0 Å². The number of hydrogen-bond donors (Lipinski definition) is 3. The molecule has 3 N–H and O–H groups in total. The van der Waals surface area contributed by atoms with Crippen LogP contribution in [0, 0.1) is 0 Å². The van der Waals surface area contributed by atoms with E-state index in [1.165, 1.54) is 6.92 Å². The van der Waals surface area contributed by atoms with E-state index in [9.17, 15) is 28.6 Å². The first-order valence-electron chi connectivity index (χ1n) is 9.97. The van der Waals surface area contributed by atoms with Crippen LogP contribution >= 0.6 is 27.4 Å². The van der Waals surface area contributed by atoms with Gasteiger partial charge in [0.1, 0.15) is 12.3 Å². The van der Waals surface area contributed by atoms with E-state index in [0.29, 0.717) is 24.9 Å². The number of hydrogen-bond acceptors (Lipinski definition) is 5. The van der Waals surface area contributed by atoms with E-state index in [1.54, 1.807) is 0 Å². The van der Waals surface area contributed by atoms with Gasteiger partial charge >= 0.3 is 15.2 Å². The summed E-state index contributed by atoms with van der Waals surface area (Å²) in [4.78, 5) is 41.5. The lowest BCUT2D eigenvalue weighted by molar-refractivity contribution is -0.701. The molecule has 0 amide bonds. The number of thiocarbonyl (C=S) groups is 1. The van der Waals surface area contributed by atoms with Crippen LogP contribution in [0.2, 0.25) is 0 Å².